The lowest BCUT2D eigenvalue weighted by Crippen LogP contribution is -2.06. The van der Waals surface area contributed by atoms with Crippen LogP contribution in [0.2, 0.25) is 0 Å². The number of rotatable bonds is 3. The molecule has 8 heteroatoms. The Morgan fingerprint density at radius 3 is 2.41 bits per heavy atom. The topological polar surface area (TPSA) is 69.1 Å². The number of aryl methyl sites for hydroxylation is 1. The van der Waals surface area contributed by atoms with E-state index in [1.807, 2.05) is 30.3 Å². The molecule has 2 aromatic carbocycles. The third kappa shape index (κ3) is 2.99. The van der Waals surface area contributed by atoms with E-state index in [0.29, 0.717) is 29.7 Å². The summed E-state index contributed by atoms with van der Waals surface area (Å²) in [5, 5.41) is 4.42. The molecule has 0 radical (unpaired) electrons. The molecule has 0 saturated heterocycles. The van der Waals surface area contributed by atoms with E-state index in [1.165, 1.54) is 4.52 Å². The molecular formula is C19H14F3N5. The van der Waals surface area contributed by atoms with Gasteiger partial charge in [-0.15, -0.1) is 0 Å². The van der Waals surface area contributed by atoms with Crippen molar-refractivity contribution in [2.24, 2.45) is 0 Å². The summed E-state index contributed by atoms with van der Waals surface area (Å²) in [6, 6.07) is 10.9. The average Bonchev–Trinajstić information content (AvgIpc) is 3.07. The highest BCUT2D eigenvalue weighted by molar-refractivity contribution is 5.70. The molecule has 0 aliphatic rings. The highest BCUT2D eigenvalue weighted by Gasteiger charge is 2.19. The third-order valence-electron chi connectivity index (χ3n) is 4.24. The number of nitrogens with two attached hydrogens (primary N) is 1. The minimum absolute atomic E-state index is 0.0199. The fourth-order valence-corrected chi connectivity index (χ4v) is 2.92. The predicted molar refractivity (Wildman–Crippen MR) is 94.5 cm³/mol. The number of hydrogen-bond acceptors (Lipinski definition) is 4. The fourth-order valence-electron chi connectivity index (χ4n) is 2.92. The van der Waals surface area contributed by atoms with Gasteiger partial charge in [-0.3, -0.25) is 0 Å². The Labute approximate surface area is 152 Å². The number of anilines is 1. The van der Waals surface area contributed by atoms with Gasteiger partial charge in [0.15, 0.2) is 28.9 Å². The van der Waals surface area contributed by atoms with Gasteiger partial charge in [-0.2, -0.15) is 5.10 Å². The summed E-state index contributed by atoms with van der Waals surface area (Å²) in [4.78, 5) is 8.54. The molecule has 2 heterocycles. The van der Waals surface area contributed by atoms with Crippen molar-refractivity contribution in [2.75, 3.05) is 5.73 Å². The molecule has 136 valence electrons. The van der Waals surface area contributed by atoms with Gasteiger partial charge < -0.3 is 5.73 Å². The zero-order valence-electron chi connectivity index (χ0n) is 14.2. The van der Waals surface area contributed by atoms with E-state index in [2.05, 4.69) is 15.1 Å². The second kappa shape index (κ2) is 6.39. The number of fused-ring (bicyclic) bond motifs is 1. The Morgan fingerprint density at radius 1 is 0.963 bits per heavy atom. The summed E-state index contributed by atoms with van der Waals surface area (Å²) < 4.78 is 42.5. The van der Waals surface area contributed by atoms with Gasteiger partial charge in [-0.05, 0) is 18.6 Å². The first-order valence-electron chi connectivity index (χ1n) is 8.14. The number of benzene rings is 2. The molecule has 0 bridgehead atoms. The minimum Gasteiger partial charge on any atom is -0.381 e. The fraction of sp³-hybridized carbons (Fsp3) is 0.105. The number of aromatic nitrogens is 4. The second-order valence-corrected chi connectivity index (χ2v) is 6.10. The van der Waals surface area contributed by atoms with E-state index in [1.54, 1.807) is 6.92 Å². The molecule has 0 unspecified atom stereocenters. The summed E-state index contributed by atoms with van der Waals surface area (Å²) in [6.07, 6.45) is 0.482. The van der Waals surface area contributed by atoms with Crippen molar-refractivity contribution in [3.63, 3.8) is 0 Å². The van der Waals surface area contributed by atoms with Gasteiger partial charge in [0, 0.05) is 18.1 Å². The molecule has 5 nitrogen and oxygen atoms in total. The first-order chi connectivity index (χ1) is 12.9. The van der Waals surface area contributed by atoms with Crippen LogP contribution in [-0.4, -0.2) is 19.6 Å². The Morgan fingerprint density at radius 2 is 1.67 bits per heavy atom. The van der Waals surface area contributed by atoms with E-state index >= 15 is 0 Å². The second-order valence-electron chi connectivity index (χ2n) is 6.10. The molecule has 0 aliphatic carbocycles. The van der Waals surface area contributed by atoms with Gasteiger partial charge in [-0.1, -0.05) is 30.3 Å². The van der Waals surface area contributed by atoms with Crippen LogP contribution in [0.15, 0.2) is 42.5 Å². The van der Waals surface area contributed by atoms with Gasteiger partial charge in [0.05, 0.1) is 11.4 Å². The van der Waals surface area contributed by atoms with Gasteiger partial charge >= 0.3 is 0 Å². The molecule has 4 aromatic rings. The summed E-state index contributed by atoms with van der Waals surface area (Å²) >= 11 is 0. The first kappa shape index (κ1) is 17.0. The van der Waals surface area contributed by atoms with Gasteiger partial charge in [0.25, 0.3) is 0 Å². The van der Waals surface area contributed by atoms with Crippen molar-refractivity contribution in [2.45, 2.75) is 13.3 Å². The maximum absolute atomic E-state index is 14.2. The SMILES string of the molecule is Cc1c(-c2cc(F)c(F)cc2F)nc(N)c2nc(Cc3ccccc3)nn12. The Hall–Kier alpha value is -3.42. The standard InChI is InChI=1S/C19H14F3N5/c1-10-17(12-8-14(21)15(22)9-13(12)20)25-18(23)19-24-16(26-27(10)19)7-11-5-3-2-4-6-11/h2-6,8-9H,7H2,1H3,(H2,23,25). The molecule has 4 rings (SSSR count). The van der Waals surface area contributed by atoms with Gasteiger partial charge in [-0.25, -0.2) is 27.7 Å². The lowest BCUT2D eigenvalue weighted by molar-refractivity contribution is 0.496. The Bertz CT molecular complexity index is 1160. The lowest BCUT2D eigenvalue weighted by atomic mass is 10.1. The molecular weight excluding hydrogens is 355 g/mol. The summed E-state index contributed by atoms with van der Waals surface area (Å²) in [5.74, 6) is -2.84. The molecule has 0 fully saturated rings. The number of nitrogens with zero attached hydrogens (tertiary/aromatic N) is 4. The van der Waals surface area contributed by atoms with Gasteiger partial charge in [0.1, 0.15) is 5.82 Å². The number of hydrogen-bond donors (Lipinski definition) is 1. The normalized spacial score (nSPS) is 11.3. The molecule has 0 amide bonds. The van der Waals surface area contributed by atoms with Crippen LogP contribution in [-0.2, 0) is 6.42 Å². The van der Waals surface area contributed by atoms with Crippen molar-refractivity contribution in [1.82, 2.24) is 19.6 Å². The molecule has 2 aromatic heterocycles. The van der Waals surface area contributed by atoms with Crippen LogP contribution in [0, 0.1) is 24.4 Å². The Balaban J connectivity index is 1.85. The van der Waals surface area contributed by atoms with Crippen molar-refractivity contribution in [1.29, 1.82) is 0 Å². The van der Waals surface area contributed by atoms with Crippen molar-refractivity contribution in [3.05, 3.63) is 77.0 Å². The lowest BCUT2D eigenvalue weighted by Gasteiger charge is -2.09. The van der Waals surface area contributed by atoms with E-state index in [-0.39, 0.29) is 17.1 Å². The van der Waals surface area contributed by atoms with Crippen molar-refractivity contribution < 1.29 is 13.2 Å². The number of nitrogen functional groups attached to an aromatic ring is 1. The zero-order chi connectivity index (χ0) is 19.1. The van der Waals surface area contributed by atoms with Crippen LogP contribution in [0.1, 0.15) is 17.1 Å². The van der Waals surface area contributed by atoms with E-state index in [0.717, 1.165) is 11.6 Å². The van der Waals surface area contributed by atoms with Gasteiger partial charge in [0.2, 0.25) is 0 Å². The largest absolute Gasteiger partial charge is 0.381 e. The van der Waals surface area contributed by atoms with E-state index in [9.17, 15) is 13.2 Å². The zero-order valence-corrected chi connectivity index (χ0v) is 14.2. The van der Waals surface area contributed by atoms with E-state index < -0.39 is 17.5 Å². The third-order valence-corrected chi connectivity index (χ3v) is 4.24. The molecule has 0 saturated carbocycles. The predicted octanol–water partition coefficient (Wildman–Crippen LogP) is 3.69. The maximum atomic E-state index is 14.2. The highest BCUT2D eigenvalue weighted by Crippen LogP contribution is 2.28. The summed E-state index contributed by atoms with van der Waals surface area (Å²) in [6.45, 7) is 1.64. The average molecular weight is 369 g/mol. The van der Waals surface area contributed by atoms with Crippen LogP contribution < -0.4 is 5.73 Å². The van der Waals surface area contributed by atoms with Crippen LogP contribution >= 0.6 is 0 Å². The van der Waals surface area contributed by atoms with Crippen LogP contribution in [0.3, 0.4) is 0 Å². The Kier molecular flexibility index (Phi) is 4.02. The summed E-state index contributed by atoms with van der Waals surface area (Å²) in [7, 11) is 0. The monoisotopic (exact) mass is 369 g/mol. The van der Waals surface area contributed by atoms with Crippen molar-refractivity contribution in [3.8, 4) is 11.3 Å². The molecule has 27 heavy (non-hydrogen) atoms. The number of halogens is 3. The minimum atomic E-state index is -1.27. The van der Waals surface area contributed by atoms with Crippen molar-refractivity contribution >= 4 is 11.5 Å². The molecule has 2 N–H and O–H groups in total. The van der Waals surface area contributed by atoms with Crippen LogP contribution in [0.4, 0.5) is 19.0 Å². The summed E-state index contributed by atoms with van der Waals surface area (Å²) in [5.41, 5.74) is 7.60. The first-order valence-corrected chi connectivity index (χ1v) is 8.14. The van der Waals surface area contributed by atoms with E-state index in [4.69, 9.17) is 5.73 Å². The maximum Gasteiger partial charge on any atom is 0.198 e. The molecule has 0 atom stereocenters. The van der Waals surface area contributed by atoms with Crippen LogP contribution in [0.25, 0.3) is 16.9 Å². The quantitative estimate of drug-likeness (QED) is 0.559. The highest BCUT2D eigenvalue weighted by atomic mass is 19.2. The smallest absolute Gasteiger partial charge is 0.198 e. The van der Waals surface area contributed by atoms with Crippen LogP contribution in [0.5, 0.6) is 0 Å². The molecule has 0 spiro atoms. The molecule has 0 aliphatic heterocycles.